The SMILES string of the molecule is NS(=O)(=O)c1ccc(C(=O)N2CCN(C(=O)OCc3ccc(OC(F)(F)F)cc3)CC2)cc1. The number of piperazine rings is 1. The van der Waals surface area contributed by atoms with Gasteiger partial charge in [-0.25, -0.2) is 18.4 Å². The number of nitrogens with zero attached hydrogens (tertiary/aromatic N) is 2. The zero-order chi connectivity index (χ0) is 24.2. The lowest BCUT2D eigenvalue weighted by atomic mass is 10.2. The lowest BCUT2D eigenvalue weighted by Crippen LogP contribution is -2.50. The molecule has 0 spiro atoms. The van der Waals surface area contributed by atoms with Crippen LogP contribution >= 0.6 is 0 Å². The highest BCUT2D eigenvalue weighted by atomic mass is 32.2. The van der Waals surface area contributed by atoms with Gasteiger partial charge < -0.3 is 19.3 Å². The van der Waals surface area contributed by atoms with Crippen LogP contribution in [0.5, 0.6) is 5.75 Å². The van der Waals surface area contributed by atoms with Gasteiger partial charge in [-0.3, -0.25) is 4.79 Å². The number of hydrogen-bond donors (Lipinski definition) is 1. The zero-order valence-corrected chi connectivity index (χ0v) is 17.9. The number of sulfonamides is 1. The summed E-state index contributed by atoms with van der Waals surface area (Å²) >= 11 is 0. The normalized spacial score (nSPS) is 14.7. The molecule has 0 radical (unpaired) electrons. The number of hydrogen-bond acceptors (Lipinski definition) is 6. The number of halogens is 3. The fraction of sp³-hybridized carbons (Fsp3) is 0.300. The monoisotopic (exact) mass is 487 g/mol. The van der Waals surface area contributed by atoms with E-state index in [2.05, 4.69) is 4.74 Å². The second-order valence-electron chi connectivity index (χ2n) is 7.09. The van der Waals surface area contributed by atoms with Crippen molar-refractivity contribution in [1.82, 2.24) is 9.80 Å². The van der Waals surface area contributed by atoms with Crippen molar-refractivity contribution < 1.29 is 40.7 Å². The molecule has 2 aromatic carbocycles. The number of alkyl halides is 3. The fourth-order valence-corrected chi connectivity index (χ4v) is 3.60. The van der Waals surface area contributed by atoms with Crippen molar-refractivity contribution in [2.45, 2.75) is 17.9 Å². The van der Waals surface area contributed by atoms with Crippen LogP contribution in [0.3, 0.4) is 0 Å². The molecule has 1 aliphatic rings. The van der Waals surface area contributed by atoms with Crippen LogP contribution in [0.2, 0.25) is 0 Å². The number of benzene rings is 2. The minimum atomic E-state index is -4.79. The molecule has 1 heterocycles. The van der Waals surface area contributed by atoms with Crippen molar-refractivity contribution in [3.8, 4) is 5.75 Å². The Balaban J connectivity index is 1.47. The Morgan fingerprint density at radius 3 is 1.97 bits per heavy atom. The molecule has 2 amide bonds. The van der Waals surface area contributed by atoms with Gasteiger partial charge in [-0.05, 0) is 42.0 Å². The average Bonchev–Trinajstić information content (AvgIpc) is 2.76. The van der Waals surface area contributed by atoms with Gasteiger partial charge in [0, 0.05) is 31.7 Å². The number of carbonyl (C=O) groups excluding carboxylic acids is 2. The van der Waals surface area contributed by atoms with Gasteiger partial charge in [0.05, 0.1) is 4.90 Å². The number of nitrogens with two attached hydrogens (primary N) is 1. The van der Waals surface area contributed by atoms with E-state index in [4.69, 9.17) is 9.88 Å². The maximum absolute atomic E-state index is 12.6. The van der Waals surface area contributed by atoms with Crippen molar-refractivity contribution in [3.05, 3.63) is 59.7 Å². The Hall–Kier alpha value is -3.32. The Labute approximate surface area is 187 Å². The minimum absolute atomic E-state index is 0.103. The molecule has 2 aromatic rings. The van der Waals surface area contributed by atoms with Crippen molar-refractivity contribution >= 4 is 22.0 Å². The van der Waals surface area contributed by atoms with E-state index < -0.39 is 22.5 Å². The van der Waals surface area contributed by atoms with Gasteiger partial charge in [-0.2, -0.15) is 0 Å². The molecule has 0 bridgehead atoms. The van der Waals surface area contributed by atoms with Crippen molar-refractivity contribution in [2.24, 2.45) is 5.14 Å². The lowest BCUT2D eigenvalue weighted by Gasteiger charge is -2.34. The third-order valence-corrected chi connectivity index (χ3v) is 5.70. The summed E-state index contributed by atoms with van der Waals surface area (Å²) in [6, 6.07) is 10.2. The summed E-state index contributed by atoms with van der Waals surface area (Å²) < 4.78 is 68.1. The number of carbonyl (C=O) groups is 2. The highest BCUT2D eigenvalue weighted by Gasteiger charge is 2.31. The van der Waals surface area contributed by atoms with Crippen LogP contribution in [0.15, 0.2) is 53.4 Å². The Bertz CT molecular complexity index is 1100. The average molecular weight is 487 g/mol. The number of primary sulfonamides is 1. The molecule has 13 heteroatoms. The largest absolute Gasteiger partial charge is 0.573 e. The molecule has 0 aromatic heterocycles. The molecule has 3 rings (SSSR count). The summed E-state index contributed by atoms with van der Waals surface area (Å²) in [7, 11) is -3.86. The van der Waals surface area contributed by atoms with Crippen LogP contribution in [-0.4, -0.2) is 62.8 Å². The Kier molecular flexibility index (Phi) is 7.12. The first kappa shape index (κ1) is 24.3. The molecule has 178 valence electrons. The molecular formula is C20H20F3N3O6S. The first-order valence-electron chi connectivity index (χ1n) is 9.61. The second kappa shape index (κ2) is 9.67. The molecule has 9 nitrogen and oxygen atoms in total. The van der Waals surface area contributed by atoms with Gasteiger partial charge in [0.2, 0.25) is 10.0 Å². The van der Waals surface area contributed by atoms with Crippen molar-refractivity contribution in [3.63, 3.8) is 0 Å². The van der Waals surface area contributed by atoms with Crippen LogP contribution < -0.4 is 9.88 Å². The van der Waals surface area contributed by atoms with Crippen LogP contribution in [0.4, 0.5) is 18.0 Å². The summed E-state index contributed by atoms with van der Waals surface area (Å²) in [4.78, 5) is 27.7. The minimum Gasteiger partial charge on any atom is -0.445 e. The van der Waals surface area contributed by atoms with Crippen LogP contribution in [0.1, 0.15) is 15.9 Å². The first-order valence-corrected chi connectivity index (χ1v) is 11.2. The van der Waals surface area contributed by atoms with E-state index in [1.807, 2.05) is 0 Å². The van der Waals surface area contributed by atoms with E-state index >= 15 is 0 Å². The van der Waals surface area contributed by atoms with Crippen LogP contribution in [0, 0.1) is 0 Å². The second-order valence-corrected chi connectivity index (χ2v) is 8.66. The quantitative estimate of drug-likeness (QED) is 0.692. The van der Waals surface area contributed by atoms with Gasteiger partial charge in [0.1, 0.15) is 12.4 Å². The summed E-state index contributed by atoms with van der Waals surface area (Å²) in [5.74, 6) is -0.692. The molecule has 0 aliphatic carbocycles. The number of amides is 2. The maximum atomic E-state index is 12.6. The Morgan fingerprint density at radius 1 is 0.909 bits per heavy atom. The molecule has 0 unspecified atom stereocenters. The zero-order valence-electron chi connectivity index (χ0n) is 17.1. The fourth-order valence-electron chi connectivity index (χ4n) is 3.09. The van der Waals surface area contributed by atoms with Gasteiger partial charge in [0.25, 0.3) is 5.91 Å². The molecule has 1 saturated heterocycles. The van der Waals surface area contributed by atoms with E-state index in [9.17, 15) is 31.2 Å². The van der Waals surface area contributed by atoms with E-state index in [0.29, 0.717) is 5.56 Å². The molecule has 1 fully saturated rings. The van der Waals surface area contributed by atoms with E-state index in [1.165, 1.54) is 46.2 Å². The van der Waals surface area contributed by atoms with Gasteiger partial charge in [-0.15, -0.1) is 13.2 Å². The van der Waals surface area contributed by atoms with Crippen molar-refractivity contribution in [1.29, 1.82) is 0 Å². The van der Waals surface area contributed by atoms with Crippen molar-refractivity contribution in [2.75, 3.05) is 26.2 Å². The van der Waals surface area contributed by atoms with E-state index in [0.717, 1.165) is 12.1 Å². The molecule has 0 atom stereocenters. The lowest BCUT2D eigenvalue weighted by molar-refractivity contribution is -0.274. The van der Waals surface area contributed by atoms with Gasteiger partial charge in [0.15, 0.2) is 0 Å². The van der Waals surface area contributed by atoms with E-state index in [-0.39, 0.29) is 54.9 Å². The summed E-state index contributed by atoms with van der Waals surface area (Å²) in [6.45, 7) is 0.791. The highest BCUT2D eigenvalue weighted by Crippen LogP contribution is 2.23. The number of ether oxygens (including phenoxy) is 2. The third kappa shape index (κ3) is 6.83. The topological polar surface area (TPSA) is 119 Å². The summed E-state index contributed by atoms with van der Waals surface area (Å²) in [5.41, 5.74) is 0.769. The van der Waals surface area contributed by atoms with E-state index in [1.54, 1.807) is 0 Å². The van der Waals surface area contributed by atoms with Gasteiger partial charge >= 0.3 is 12.5 Å². The molecule has 1 aliphatic heterocycles. The van der Waals surface area contributed by atoms with Gasteiger partial charge in [-0.1, -0.05) is 12.1 Å². The van der Waals surface area contributed by atoms with Crippen LogP contribution in [0.25, 0.3) is 0 Å². The first-order chi connectivity index (χ1) is 15.4. The Morgan fingerprint density at radius 2 is 1.45 bits per heavy atom. The molecular weight excluding hydrogens is 467 g/mol. The van der Waals surface area contributed by atoms with Crippen LogP contribution in [-0.2, 0) is 21.4 Å². The standard InChI is InChI=1S/C20H20F3N3O6S/c21-20(22,23)32-16-5-1-14(2-6-16)13-31-19(28)26-11-9-25(10-12-26)18(27)15-3-7-17(8-4-15)33(24,29)30/h1-8H,9-13H2,(H2,24,29,30). The summed E-state index contributed by atoms with van der Waals surface area (Å²) in [6.07, 6.45) is -5.40. The third-order valence-electron chi connectivity index (χ3n) is 4.77. The maximum Gasteiger partial charge on any atom is 0.573 e. The smallest absolute Gasteiger partial charge is 0.445 e. The molecule has 0 saturated carbocycles. The predicted octanol–water partition coefficient (Wildman–Crippen LogP) is 2.33. The molecule has 33 heavy (non-hydrogen) atoms. The predicted molar refractivity (Wildman–Crippen MR) is 109 cm³/mol. The summed E-state index contributed by atoms with van der Waals surface area (Å²) in [5, 5.41) is 5.04. The highest BCUT2D eigenvalue weighted by molar-refractivity contribution is 7.89. The number of rotatable bonds is 5. The molecule has 2 N–H and O–H groups in total.